The van der Waals surface area contributed by atoms with Gasteiger partial charge in [-0.15, -0.1) is 5.10 Å². The molecule has 8 heteroatoms. The van der Waals surface area contributed by atoms with Crippen molar-refractivity contribution < 1.29 is 9.13 Å². The zero-order valence-corrected chi connectivity index (χ0v) is 16.9. The third-order valence-corrected chi connectivity index (χ3v) is 5.54. The Hall–Kier alpha value is -3.60. The van der Waals surface area contributed by atoms with Crippen molar-refractivity contribution in [1.82, 2.24) is 15.2 Å². The van der Waals surface area contributed by atoms with Crippen LogP contribution in [0.15, 0.2) is 36.4 Å². The van der Waals surface area contributed by atoms with Crippen molar-refractivity contribution in [2.24, 2.45) is 0 Å². The molecule has 1 fully saturated rings. The smallest absolute Gasteiger partial charge is 0.241 e. The lowest BCUT2D eigenvalue weighted by Gasteiger charge is -2.34. The summed E-state index contributed by atoms with van der Waals surface area (Å²) < 4.78 is 19.4. The van der Waals surface area contributed by atoms with Crippen molar-refractivity contribution in [3.8, 4) is 22.9 Å². The fourth-order valence-corrected chi connectivity index (χ4v) is 3.99. The number of hydrogen-bond donors (Lipinski definition) is 2. The molecule has 0 atom stereocenters. The normalized spacial score (nSPS) is 14.4. The second-order valence-corrected chi connectivity index (χ2v) is 7.22. The van der Waals surface area contributed by atoms with Crippen LogP contribution in [0.4, 0.5) is 16.0 Å². The molecule has 3 aromatic rings. The van der Waals surface area contributed by atoms with Gasteiger partial charge in [-0.05, 0) is 36.6 Å². The molecule has 0 spiro atoms. The van der Waals surface area contributed by atoms with Gasteiger partial charge in [0, 0.05) is 31.6 Å². The number of aromatic nitrogens is 3. The summed E-state index contributed by atoms with van der Waals surface area (Å²) in [5.41, 5.74) is 2.98. The van der Waals surface area contributed by atoms with Gasteiger partial charge >= 0.3 is 0 Å². The molecule has 2 aromatic carbocycles. The minimum absolute atomic E-state index is 0.200. The molecular weight excluding hydrogens is 383 g/mol. The maximum atomic E-state index is 14.3. The molecule has 2 heterocycles. The number of piperidine rings is 1. The van der Waals surface area contributed by atoms with Crippen LogP contribution in [0.2, 0.25) is 0 Å². The van der Waals surface area contributed by atoms with E-state index in [9.17, 15) is 9.65 Å². The number of nitriles is 1. The van der Waals surface area contributed by atoms with Gasteiger partial charge in [0.15, 0.2) is 11.6 Å². The number of methoxy groups -OCH3 is 1. The quantitative estimate of drug-likeness (QED) is 0.668. The number of aromatic amines is 1. The summed E-state index contributed by atoms with van der Waals surface area (Å²) in [5.74, 6) is 1.53. The van der Waals surface area contributed by atoms with Gasteiger partial charge in [-0.25, -0.2) is 4.39 Å². The van der Waals surface area contributed by atoms with E-state index in [1.54, 1.807) is 19.2 Å². The van der Waals surface area contributed by atoms with Crippen LogP contribution >= 0.6 is 0 Å². The number of para-hydroxylation sites is 1. The summed E-state index contributed by atoms with van der Waals surface area (Å²) >= 11 is 0. The Morgan fingerprint density at radius 3 is 2.70 bits per heavy atom. The number of benzene rings is 2. The third-order valence-electron chi connectivity index (χ3n) is 5.54. The Morgan fingerprint density at radius 2 is 2.07 bits per heavy atom. The predicted molar refractivity (Wildman–Crippen MR) is 113 cm³/mol. The SMILES string of the molecule is CNc1n[nH]c(C2CCN(c3c(C#N)cccc3-c3ccc(OC)c(F)c3)CC2)n1. The van der Waals surface area contributed by atoms with E-state index < -0.39 is 5.82 Å². The number of nitrogens with zero attached hydrogens (tertiary/aromatic N) is 4. The number of hydrogen-bond acceptors (Lipinski definition) is 6. The molecule has 0 saturated carbocycles. The maximum Gasteiger partial charge on any atom is 0.241 e. The van der Waals surface area contributed by atoms with E-state index in [0.29, 0.717) is 11.5 Å². The Balaban J connectivity index is 1.63. The maximum absolute atomic E-state index is 14.3. The number of anilines is 2. The molecule has 4 rings (SSSR count). The van der Waals surface area contributed by atoms with E-state index in [4.69, 9.17) is 4.74 Å². The average Bonchev–Trinajstić information content (AvgIpc) is 3.28. The van der Waals surface area contributed by atoms with E-state index in [2.05, 4.69) is 31.5 Å². The Kier molecular flexibility index (Phi) is 5.53. The molecule has 0 amide bonds. The Bertz CT molecular complexity index is 1080. The molecule has 0 unspecified atom stereocenters. The number of ether oxygens (including phenoxy) is 1. The predicted octanol–water partition coefficient (Wildman–Crippen LogP) is 3.92. The van der Waals surface area contributed by atoms with Gasteiger partial charge in [0.2, 0.25) is 5.95 Å². The van der Waals surface area contributed by atoms with Crippen molar-refractivity contribution in [1.29, 1.82) is 5.26 Å². The largest absolute Gasteiger partial charge is 0.494 e. The number of halogens is 1. The zero-order valence-electron chi connectivity index (χ0n) is 16.9. The summed E-state index contributed by atoms with van der Waals surface area (Å²) in [7, 11) is 3.23. The molecule has 1 aromatic heterocycles. The lowest BCUT2D eigenvalue weighted by atomic mass is 9.93. The summed E-state index contributed by atoms with van der Waals surface area (Å²) in [5, 5.41) is 19.8. The summed E-state index contributed by atoms with van der Waals surface area (Å²) in [6, 6.07) is 12.8. The first-order chi connectivity index (χ1) is 14.6. The highest BCUT2D eigenvalue weighted by Crippen LogP contribution is 2.38. The van der Waals surface area contributed by atoms with Crippen LogP contribution < -0.4 is 15.0 Å². The molecule has 1 saturated heterocycles. The third kappa shape index (κ3) is 3.66. The van der Waals surface area contributed by atoms with Crippen LogP contribution in [0.1, 0.15) is 30.1 Å². The molecule has 154 valence electrons. The van der Waals surface area contributed by atoms with Crippen molar-refractivity contribution in [3.63, 3.8) is 0 Å². The van der Waals surface area contributed by atoms with Crippen LogP contribution in [0.25, 0.3) is 11.1 Å². The topological polar surface area (TPSA) is 89.9 Å². The lowest BCUT2D eigenvalue weighted by Crippen LogP contribution is -2.34. The van der Waals surface area contributed by atoms with Crippen molar-refractivity contribution in [3.05, 3.63) is 53.6 Å². The van der Waals surface area contributed by atoms with Gasteiger partial charge < -0.3 is 15.0 Å². The molecule has 0 bridgehead atoms. The monoisotopic (exact) mass is 406 g/mol. The van der Waals surface area contributed by atoms with Crippen LogP contribution in [0.3, 0.4) is 0 Å². The van der Waals surface area contributed by atoms with Crippen molar-refractivity contribution in [2.75, 3.05) is 37.5 Å². The van der Waals surface area contributed by atoms with Crippen LogP contribution in [-0.2, 0) is 0 Å². The summed E-state index contributed by atoms with van der Waals surface area (Å²) in [6.07, 6.45) is 1.77. The van der Waals surface area contributed by atoms with Gasteiger partial charge in [-0.1, -0.05) is 18.2 Å². The molecule has 7 nitrogen and oxygen atoms in total. The van der Waals surface area contributed by atoms with Gasteiger partial charge in [0.1, 0.15) is 11.9 Å². The molecule has 2 N–H and O–H groups in total. The average molecular weight is 406 g/mol. The van der Waals surface area contributed by atoms with Gasteiger partial charge in [0.25, 0.3) is 0 Å². The van der Waals surface area contributed by atoms with Gasteiger partial charge in [-0.2, -0.15) is 10.2 Å². The highest BCUT2D eigenvalue weighted by molar-refractivity contribution is 5.83. The van der Waals surface area contributed by atoms with E-state index in [0.717, 1.165) is 48.6 Å². The minimum atomic E-state index is -0.423. The molecule has 0 radical (unpaired) electrons. The van der Waals surface area contributed by atoms with E-state index in [1.165, 1.54) is 13.2 Å². The second-order valence-electron chi connectivity index (χ2n) is 7.22. The number of nitrogens with one attached hydrogen (secondary N) is 2. The summed E-state index contributed by atoms with van der Waals surface area (Å²) in [6.45, 7) is 1.54. The van der Waals surface area contributed by atoms with Crippen LogP contribution in [0, 0.1) is 17.1 Å². The zero-order chi connectivity index (χ0) is 21.1. The first kappa shape index (κ1) is 19.7. The highest BCUT2D eigenvalue weighted by atomic mass is 19.1. The second kappa shape index (κ2) is 8.41. The molecule has 0 aliphatic carbocycles. The summed E-state index contributed by atoms with van der Waals surface area (Å²) in [4.78, 5) is 6.68. The standard InChI is InChI=1S/C22H23FN6O/c1-25-22-26-21(27-28-22)14-8-10-29(11-9-14)20-16(13-24)4-3-5-17(20)15-6-7-19(30-2)18(23)12-15/h3-7,12,14H,8-11H2,1-2H3,(H2,25,26,27,28). The molecule has 1 aliphatic heterocycles. The van der Waals surface area contributed by atoms with Gasteiger partial charge in [-0.3, -0.25) is 5.10 Å². The van der Waals surface area contributed by atoms with E-state index >= 15 is 0 Å². The van der Waals surface area contributed by atoms with Crippen LogP contribution in [0.5, 0.6) is 5.75 Å². The Morgan fingerprint density at radius 1 is 1.27 bits per heavy atom. The van der Waals surface area contributed by atoms with Gasteiger partial charge in [0.05, 0.1) is 18.4 Å². The fourth-order valence-electron chi connectivity index (χ4n) is 3.99. The fraction of sp³-hybridized carbons (Fsp3) is 0.318. The molecular formula is C22H23FN6O. The first-order valence-corrected chi connectivity index (χ1v) is 9.86. The molecule has 1 aliphatic rings. The van der Waals surface area contributed by atoms with E-state index in [1.807, 2.05) is 18.2 Å². The number of H-pyrrole nitrogens is 1. The highest BCUT2D eigenvalue weighted by Gasteiger charge is 2.26. The van der Waals surface area contributed by atoms with Crippen molar-refractivity contribution >= 4 is 11.6 Å². The lowest BCUT2D eigenvalue weighted by molar-refractivity contribution is 0.386. The van der Waals surface area contributed by atoms with Crippen LogP contribution in [-0.4, -0.2) is 42.4 Å². The minimum Gasteiger partial charge on any atom is -0.494 e. The first-order valence-electron chi connectivity index (χ1n) is 9.86. The van der Waals surface area contributed by atoms with Crippen molar-refractivity contribution in [2.45, 2.75) is 18.8 Å². The molecule has 30 heavy (non-hydrogen) atoms. The van der Waals surface area contributed by atoms with E-state index in [-0.39, 0.29) is 11.7 Å². The number of rotatable bonds is 5. The Labute approximate surface area is 174 Å².